The number of urea groups is 1. The van der Waals surface area contributed by atoms with Crippen LogP contribution in [0.1, 0.15) is 25.8 Å². The smallest absolute Gasteiger partial charge is 0.325 e. The molecule has 1 N–H and O–H groups in total. The summed E-state index contributed by atoms with van der Waals surface area (Å²) in [5, 5.41) is 2.89. The first-order valence-corrected chi connectivity index (χ1v) is 7.43. The summed E-state index contributed by atoms with van der Waals surface area (Å²) in [6.45, 7) is 7.33. The third-order valence-corrected chi connectivity index (χ3v) is 3.79. The van der Waals surface area contributed by atoms with Crippen molar-refractivity contribution < 1.29 is 9.59 Å². The van der Waals surface area contributed by atoms with Gasteiger partial charge in [0.25, 0.3) is 0 Å². The topological polar surface area (TPSA) is 52.7 Å². The molecule has 1 fully saturated rings. The quantitative estimate of drug-likeness (QED) is 0.903. The summed E-state index contributed by atoms with van der Waals surface area (Å²) in [5.41, 5.74) is 2.05. The van der Waals surface area contributed by atoms with Gasteiger partial charge in [0.15, 0.2) is 0 Å². The molecular weight excluding hydrogens is 266 g/mol. The molecular formula is C16H23N3O2. The Morgan fingerprint density at radius 3 is 2.57 bits per heavy atom. The van der Waals surface area contributed by atoms with E-state index in [1.165, 1.54) is 0 Å². The fraction of sp³-hybridized carbons (Fsp3) is 0.500. The number of rotatable bonds is 5. The van der Waals surface area contributed by atoms with Gasteiger partial charge in [0.05, 0.1) is 0 Å². The number of carbonyl (C=O) groups is 2. The van der Waals surface area contributed by atoms with Gasteiger partial charge in [-0.05, 0) is 32.4 Å². The minimum absolute atomic E-state index is 0.0940. The van der Waals surface area contributed by atoms with Crippen LogP contribution in [0.4, 0.5) is 10.5 Å². The predicted molar refractivity (Wildman–Crippen MR) is 83.4 cm³/mol. The van der Waals surface area contributed by atoms with Crippen molar-refractivity contribution in [2.75, 3.05) is 24.5 Å². The summed E-state index contributed by atoms with van der Waals surface area (Å²) < 4.78 is 0. The van der Waals surface area contributed by atoms with Crippen LogP contribution in [0.5, 0.6) is 0 Å². The zero-order chi connectivity index (χ0) is 15.4. The molecule has 114 valence electrons. The van der Waals surface area contributed by atoms with E-state index in [2.05, 4.69) is 5.32 Å². The zero-order valence-electron chi connectivity index (χ0n) is 12.9. The van der Waals surface area contributed by atoms with Crippen LogP contribution in [0.3, 0.4) is 0 Å². The molecule has 0 saturated carbocycles. The average Bonchev–Trinajstić information content (AvgIpc) is 2.81. The maximum Gasteiger partial charge on any atom is 0.325 e. The molecule has 1 unspecified atom stereocenters. The molecule has 1 saturated heterocycles. The van der Waals surface area contributed by atoms with E-state index >= 15 is 0 Å². The molecule has 0 radical (unpaired) electrons. The first-order valence-electron chi connectivity index (χ1n) is 7.43. The zero-order valence-corrected chi connectivity index (χ0v) is 12.9. The Labute approximate surface area is 125 Å². The van der Waals surface area contributed by atoms with Crippen molar-refractivity contribution in [3.05, 3.63) is 29.8 Å². The Kier molecular flexibility index (Phi) is 4.83. The third kappa shape index (κ3) is 3.74. The van der Waals surface area contributed by atoms with Gasteiger partial charge in [-0.15, -0.1) is 0 Å². The summed E-state index contributed by atoms with van der Waals surface area (Å²) in [5.74, 6) is -0.0940. The average molecular weight is 289 g/mol. The molecule has 0 bridgehead atoms. The lowest BCUT2D eigenvalue weighted by molar-refractivity contribution is -0.122. The van der Waals surface area contributed by atoms with Crippen molar-refractivity contribution in [3.8, 4) is 0 Å². The molecule has 1 heterocycles. The van der Waals surface area contributed by atoms with Crippen molar-refractivity contribution in [1.29, 1.82) is 0 Å². The summed E-state index contributed by atoms with van der Waals surface area (Å²) >= 11 is 0. The van der Waals surface area contributed by atoms with Crippen LogP contribution in [0.2, 0.25) is 0 Å². The van der Waals surface area contributed by atoms with Gasteiger partial charge in [-0.2, -0.15) is 0 Å². The summed E-state index contributed by atoms with van der Waals surface area (Å²) in [4.78, 5) is 27.5. The molecule has 5 heteroatoms. The molecule has 1 aliphatic rings. The number of hydrogen-bond donors (Lipinski definition) is 1. The van der Waals surface area contributed by atoms with Gasteiger partial charge in [0.1, 0.15) is 6.54 Å². The van der Waals surface area contributed by atoms with Crippen LogP contribution in [-0.2, 0) is 4.79 Å². The second-order valence-corrected chi connectivity index (χ2v) is 5.57. The lowest BCUT2D eigenvalue weighted by Gasteiger charge is -2.19. The molecule has 1 aliphatic heterocycles. The number of nitrogens with zero attached hydrogens (tertiary/aromatic N) is 2. The van der Waals surface area contributed by atoms with Crippen molar-refractivity contribution in [1.82, 2.24) is 10.2 Å². The second-order valence-electron chi connectivity index (χ2n) is 5.57. The van der Waals surface area contributed by atoms with Gasteiger partial charge in [-0.1, -0.05) is 24.6 Å². The van der Waals surface area contributed by atoms with E-state index in [1.54, 1.807) is 9.80 Å². The largest absolute Gasteiger partial charge is 0.352 e. The number of anilines is 1. The molecule has 5 nitrogen and oxygen atoms in total. The molecule has 3 amide bonds. The van der Waals surface area contributed by atoms with Crippen LogP contribution in [0.25, 0.3) is 0 Å². The summed E-state index contributed by atoms with van der Waals surface area (Å²) in [6, 6.07) is 7.90. The van der Waals surface area contributed by atoms with E-state index in [9.17, 15) is 9.59 Å². The highest BCUT2D eigenvalue weighted by molar-refractivity contribution is 5.96. The Bertz CT molecular complexity index is 513. The molecule has 0 aliphatic carbocycles. The summed E-state index contributed by atoms with van der Waals surface area (Å²) in [7, 11) is 0. The van der Waals surface area contributed by atoms with Crippen LogP contribution in [0.15, 0.2) is 24.3 Å². The summed E-state index contributed by atoms with van der Waals surface area (Å²) in [6.07, 6.45) is 0.884. The van der Waals surface area contributed by atoms with Crippen molar-refractivity contribution in [2.24, 2.45) is 0 Å². The number of aryl methyl sites for hydroxylation is 1. The van der Waals surface area contributed by atoms with Gasteiger partial charge in [0, 0.05) is 24.8 Å². The standard InChI is InChI=1S/C16H23N3O2/c1-4-13(3)17-15(20)11-18-9-10-19(16(18)21)14-7-5-12(2)6-8-14/h5-8,13H,4,9-11H2,1-3H3,(H,17,20). The van der Waals surface area contributed by atoms with Crippen LogP contribution < -0.4 is 10.2 Å². The number of carbonyl (C=O) groups excluding carboxylic acids is 2. The highest BCUT2D eigenvalue weighted by Gasteiger charge is 2.30. The normalized spacial score (nSPS) is 16.2. The van der Waals surface area contributed by atoms with Crippen LogP contribution in [-0.4, -0.2) is 42.5 Å². The van der Waals surface area contributed by atoms with Gasteiger partial charge in [-0.25, -0.2) is 4.79 Å². The second kappa shape index (κ2) is 6.61. The Morgan fingerprint density at radius 2 is 1.95 bits per heavy atom. The van der Waals surface area contributed by atoms with E-state index in [4.69, 9.17) is 0 Å². The molecule has 1 atom stereocenters. The van der Waals surface area contributed by atoms with Gasteiger partial charge >= 0.3 is 6.03 Å². The first-order chi connectivity index (χ1) is 10.0. The predicted octanol–water partition coefficient (Wildman–Crippen LogP) is 2.15. The molecule has 1 aromatic carbocycles. The van der Waals surface area contributed by atoms with Crippen LogP contribution in [0, 0.1) is 6.92 Å². The highest BCUT2D eigenvalue weighted by Crippen LogP contribution is 2.20. The lowest BCUT2D eigenvalue weighted by Crippen LogP contribution is -2.42. The van der Waals surface area contributed by atoms with E-state index in [0.29, 0.717) is 13.1 Å². The van der Waals surface area contributed by atoms with E-state index in [1.807, 2.05) is 45.0 Å². The molecule has 21 heavy (non-hydrogen) atoms. The maximum atomic E-state index is 12.4. The Hall–Kier alpha value is -2.04. The van der Waals surface area contributed by atoms with E-state index < -0.39 is 0 Å². The van der Waals surface area contributed by atoms with Gasteiger partial charge in [0.2, 0.25) is 5.91 Å². The minimum Gasteiger partial charge on any atom is -0.352 e. The van der Waals surface area contributed by atoms with Gasteiger partial charge in [-0.3, -0.25) is 9.69 Å². The third-order valence-electron chi connectivity index (χ3n) is 3.79. The SMILES string of the molecule is CCC(C)NC(=O)CN1CCN(c2ccc(C)cc2)C1=O. The van der Waals surface area contributed by atoms with Crippen molar-refractivity contribution >= 4 is 17.6 Å². The number of benzene rings is 1. The number of nitrogens with one attached hydrogen (secondary N) is 1. The van der Waals surface area contributed by atoms with E-state index in [0.717, 1.165) is 17.7 Å². The highest BCUT2D eigenvalue weighted by atomic mass is 16.2. The molecule has 1 aromatic rings. The fourth-order valence-electron chi connectivity index (χ4n) is 2.29. The minimum atomic E-state index is -0.0989. The Balaban J connectivity index is 1.95. The molecule has 2 rings (SSSR count). The molecule has 0 aromatic heterocycles. The van der Waals surface area contributed by atoms with Crippen molar-refractivity contribution in [3.63, 3.8) is 0 Å². The van der Waals surface area contributed by atoms with Crippen molar-refractivity contribution in [2.45, 2.75) is 33.2 Å². The Morgan fingerprint density at radius 1 is 1.29 bits per heavy atom. The monoisotopic (exact) mass is 289 g/mol. The first kappa shape index (κ1) is 15.4. The van der Waals surface area contributed by atoms with Gasteiger partial charge < -0.3 is 10.2 Å². The molecule has 0 spiro atoms. The number of amides is 3. The maximum absolute atomic E-state index is 12.4. The van der Waals surface area contributed by atoms with Crippen LogP contribution >= 0.6 is 0 Å². The number of hydrogen-bond acceptors (Lipinski definition) is 2. The van der Waals surface area contributed by atoms with E-state index in [-0.39, 0.29) is 24.5 Å². The fourth-order valence-corrected chi connectivity index (χ4v) is 2.29. The lowest BCUT2D eigenvalue weighted by atomic mass is 10.2.